The van der Waals surface area contributed by atoms with E-state index < -0.39 is 0 Å². The zero-order valence-electron chi connectivity index (χ0n) is 17.3. The van der Waals surface area contributed by atoms with Gasteiger partial charge in [0.25, 0.3) is 11.8 Å². The first-order chi connectivity index (χ1) is 14.5. The van der Waals surface area contributed by atoms with E-state index in [4.69, 9.17) is 19.2 Å². The van der Waals surface area contributed by atoms with E-state index in [1.807, 2.05) is 26.0 Å². The zero-order valence-corrected chi connectivity index (χ0v) is 17.3. The molecule has 4 rings (SSSR count). The van der Waals surface area contributed by atoms with Crippen LogP contribution < -0.4 is 19.1 Å². The van der Waals surface area contributed by atoms with E-state index >= 15 is 0 Å². The second-order valence-electron chi connectivity index (χ2n) is 6.76. The fourth-order valence-corrected chi connectivity index (χ4v) is 3.52. The van der Waals surface area contributed by atoms with Crippen molar-refractivity contribution in [2.24, 2.45) is 0 Å². The lowest BCUT2D eigenvalue weighted by atomic mass is 10.0. The summed E-state index contributed by atoms with van der Waals surface area (Å²) in [7, 11) is 3.10. The van der Waals surface area contributed by atoms with Crippen molar-refractivity contribution in [1.29, 1.82) is 0 Å². The monoisotopic (exact) mass is 406 g/mol. The lowest BCUT2D eigenvalue weighted by Crippen LogP contribution is -2.23. The number of amides is 1. The van der Waals surface area contributed by atoms with Gasteiger partial charge in [0.15, 0.2) is 5.75 Å². The zero-order chi connectivity index (χ0) is 21.3. The third-order valence-corrected chi connectivity index (χ3v) is 4.91. The Kier molecular flexibility index (Phi) is 5.22. The van der Waals surface area contributed by atoms with Crippen molar-refractivity contribution in [2.45, 2.75) is 20.4 Å². The highest BCUT2D eigenvalue weighted by molar-refractivity contribution is 6.10. The van der Waals surface area contributed by atoms with Crippen LogP contribution in [0.15, 0.2) is 36.7 Å². The first-order valence-electron chi connectivity index (χ1n) is 9.55. The van der Waals surface area contributed by atoms with Gasteiger partial charge in [0.2, 0.25) is 5.88 Å². The minimum Gasteiger partial charge on any atom is -0.491 e. The van der Waals surface area contributed by atoms with Crippen molar-refractivity contribution in [2.75, 3.05) is 25.7 Å². The highest BCUT2D eigenvalue weighted by Gasteiger charge is 2.32. The Morgan fingerprint density at radius 1 is 1.13 bits per heavy atom. The van der Waals surface area contributed by atoms with E-state index in [1.54, 1.807) is 43.6 Å². The van der Waals surface area contributed by atoms with Gasteiger partial charge in [-0.1, -0.05) is 0 Å². The van der Waals surface area contributed by atoms with Crippen LogP contribution in [-0.4, -0.2) is 41.7 Å². The molecule has 154 valence electrons. The first-order valence-corrected chi connectivity index (χ1v) is 9.55. The Morgan fingerprint density at radius 3 is 2.70 bits per heavy atom. The maximum atomic E-state index is 13.1. The summed E-state index contributed by atoms with van der Waals surface area (Å²) < 4.78 is 16.0. The number of anilines is 1. The van der Waals surface area contributed by atoms with Crippen LogP contribution in [0.1, 0.15) is 28.5 Å². The number of aryl methyl sites for hydroxylation is 1. The molecule has 0 aromatic carbocycles. The molecule has 0 unspecified atom stereocenters. The van der Waals surface area contributed by atoms with Gasteiger partial charge in [-0.15, -0.1) is 0 Å². The van der Waals surface area contributed by atoms with Crippen molar-refractivity contribution in [3.05, 3.63) is 53.5 Å². The molecular formula is C22H22N4O4. The van der Waals surface area contributed by atoms with Gasteiger partial charge in [0.1, 0.15) is 0 Å². The number of nitrogens with zero attached hydrogens (tertiary/aromatic N) is 4. The molecule has 1 amide bonds. The van der Waals surface area contributed by atoms with Gasteiger partial charge >= 0.3 is 0 Å². The van der Waals surface area contributed by atoms with Crippen LogP contribution in [-0.2, 0) is 6.54 Å². The molecule has 0 spiro atoms. The number of aromatic nitrogens is 3. The standard InChI is InChI=1S/C22H22N4O4/c1-5-30-19-10-15(6-7-23-19)26-12-17-20(22(26)27)13(2)8-16(25-17)14-9-18(28-3)21(29-4)24-11-14/h6-11H,5,12H2,1-4H3. The first kappa shape index (κ1) is 19.6. The summed E-state index contributed by atoms with van der Waals surface area (Å²) in [5, 5.41) is 0. The van der Waals surface area contributed by atoms with E-state index in [0.29, 0.717) is 36.2 Å². The highest BCUT2D eigenvalue weighted by Crippen LogP contribution is 2.34. The van der Waals surface area contributed by atoms with Crippen LogP contribution in [0.4, 0.5) is 5.69 Å². The Balaban J connectivity index is 1.70. The predicted octanol–water partition coefficient (Wildman–Crippen LogP) is 3.42. The number of pyridine rings is 3. The van der Waals surface area contributed by atoms with Crippen molar-refractivity contribution in [3.63, 3.8) is 0 Å². The van der Waals surface area contributed by atoms with Crippen LogP contribution in [0.3, 0.4) is 0 Å². The van der Waals surface area contributed by atoms with Crippen LogP contribution in [0.2, 0.25) is 0 Å². The smallest absolute Gasteiger partial charge is 0.260 e. The van der Waals surface area contributed by atoms with Crippen molar-refractivity contribution in [3.8, 4) is 28.8 Å². The summed E-state index contributed by atoms with van der Waals surface area (Å²) in [6.45, 7) is 4.69. The van der Waals surface area contributed by atoms with Gasteiger partial charge in [0.05, 0.1) is 50.0 Å². The van der Waals surface area contributed by atoms with E-state index in [2.05, 4.69) is 9.97 Å². The fourth-order valence-electron chi connectivity index (χ4n) is 3.52. The molecular weight excluding hydrogens is 384 g/mol. The highest BCUT2D eigenvalue weighted by atomic mass is 16.5. The summed E-state index contributed by atoms with van der Waals surface area (Å²) in [4.78, 5) is 28.0. The van der Waals surface area contributed by atoms with Crippen LogP contribution in [0.5, 0.6) is 17.5 Å². The summed E-state index contributed by atoms with van der Waals surface area (Å²) in [5.41, 5.74) is 4.44. The lowest BCUT2D eigenvalue weighted by molar-refractivity contribution is 0.0996. The molecule has 8 heteroatoms. The fraction of sp³-hybridized carbons (Fsp3) is 0.273. The minimum absolute atomic E-state index is 0.0827. The van der Waals surface area contributed by atoms with E-state index in [1.165, 1.54) is 0 Å². The topological polar surface area (TPSA) is 86.7 Å². The molecule has 4 heterocycles. The summed E-state index contributed by atoms with van der Waals surface area (Å²) in [6, 6.07) is 7.27. The number of carbonyl (C=O) groups is 1. The summed E-state index contributed by atoms with van der Waals surface area (Å²) in [5.74, 6) is 1.33. The summed E-state index contributed by atoms with van der Waals surface area (Å²) in [6.07, 6.45) is 3.32. The quantitative estimate of drug-likeness (QED) is 0.620. The molecule has 0 saturated heterocycles. The molecule has 30 heavy (non-hydrogen) atoms. The second kappa shape index (κ2) is 7.98. The normalized spacial score (nSPS) is 12.7. The molecule has 3 aromatic heterocycles. The number of ether oxygens (including phenoxy) is 3. The Labute approximate surface area is 174 Å². The van der Waals surface area contributed by atoms with Gasteiger partial charge in [-0.3, -0.25) is 9.78 Å². The Hall–Kier alpha value is -3.68. The van der Waals surface area contributed by atoms with Gasteiger partial charge in [0, 0.05) is 24.0 Å². The van der Waals surface area contributed by atoms with Crippen molar-refractivity contribution >= 4 is 11.6 Å². The van der Waals surface area contributed by atoms with Gasteiger partial charge in [-0.05, 0) is 37.6 Å². The maximum absolute atomic E-state index is 13.1. The van der Waals surface area contributed by atoms with Crippen molar-refractivity contribution in [1.82, 2.24) is 15.0 Å². The molecule has 0 N–H and O–H groups in total. The predicted molar refractivity (Wildman–Crippen MR) is 111 cm³/mol. The number of hydrogen-bond donors (Lipinski definition) is 0. The molecule has 0 aliphatic carbocycles. The van der Waals surface area contributed by atoms with Gasteiger partial charge in [-0.25, -0.2) is 9.97 Å². The molecule has 0 fully saturated rings. The molecule has 1 aliphatic heterocycles. The molecule has 0 atom stereocenters. The number of rotatable bonds is 6. The van der Waals surface area contributed by atoms with E-state index in [-0.39, 0.29) is 5.91 Å². The second-order valence-corrected chi connectivity index (χ2v) is 6.76. The van der Waals surface area contributed by atoms with Gasteiger partial charge < -0.3 is 19.1 Å². The molecule has 0 radical (unpaired) electrons. The largest absolute Gasteiger partial charge is 0.491 e. The van der Waals surface area contributed by atoms with E-state index in [9.17, 15) is 4.79 Å². The summed E-state index contributed by atoms with van der Waals surface area (Å²) >= 11 is 0. The molecule has 3 aromatic rings. The number of methoxy groups -OCH3 is 2. The third-order valence-electron chi connectivity index (χ3n) is 4.91. The number of hydrogen-bond acceptors (Lipinski definition) is 7. The molecule has 0 bridgehead atoms. The van der Waals surface area contributed by atoms with Crippen LogP contribution in [0, 0.1) is 6.92 Å². The SMILES string of the molecule is CCOc1cc(N2Cc3nc(-c4cnc(OC)c(OC)c4)cc(C)c3C2=O)ccn1. The van der Waals surface area contributed by atoms with Crippen molar-refractivity contribution < 1.29 is 19.0 Å². The Bertz CT molecular complexity index is 1120. The van der Waals surface area contributed by atoms with Crippen LogP contribution in [0.25, 0.3) is 11.3 Å². The number of carbonyl (C=O) groups excluding carboxylic acids is 1. The Morgan fingerprint density at radius 2 is 1.97 bits per heavy atom. The van der Waals surface area contributed by atoms with E-state index in [0.717, 1.165) is 28.2 Å². The average molecular weight is 406 g/mol. The number of fused-ring (bicyclic) bond motifs is 1. The third kappa shape index (κ3) is 3.41. The van der Waals surface area contributed by atoms with Crippen LogP contribution >= 0.6 is 0 Å². The average Bonchev–Trinajstić information content (AvgIpc) is 3.10. The molecule has 0 saturated carbocycles. The van der Waals surface area contributed by atoms with Gasteiger partial charge in [-0.2, -0.15) is 0 Å². The molecule has 8 nitrogen and oxygen atoms in total. The minimum atomic E-state index is -0.0827. The molecule has 1 aliphatic rings. The lowest BCUT2D eigenvalue weighted by Gasteiger charge is -2.16. The maximum Gasteiger partial charge on any atom is 0.260 e.